The normalized spacial score (nSPS) is 12.4. The highest BCUT2D eigenvalue weighted by Gasteiger charge is 2.32. The van der Waals surface area contributed by atoms with E-state index in [1.807, 2.05) is 24.3 Å². The zero-order valence-corrected chi connectivity index (χ0v) is 15.8. The zero-order valence-electron chi connectivity index (χ0n) is 14.2. The fourth-order valence-corrected chi connectivity index (χ4v) is 2.10. The molecule has 0 heterocycles. The molecule has 0 aromatic heterocycles. The molecule has 7 nitrogen and oxygen atoms in total. The van der Waals surface area contributed by atoms with Gasteiger partial charge in [0.25, 0.3) is 5.91 Å². The van der Waals surface area contributed by atoms with E-state index in [1.54, 1.807) is 0 Å². The van der Waals surface area contributed by atoms with Gasteiger partial charge in [-0.3, -0.25) is 14.4 Å². The minimum absolute atomic E-state index is 0.0675. The molecule has 8 heteroatoms. The number of aliphatic hydroxyl groups is 2. The summed E-state index contributed by atoms with van der Waals surface area (Å²) in [4.78, 5) is 35.2. The van der Waals surface area contributed by atoms with Crippen LogP contribution in [0.2, 0.25) is 0 Å². The number of benzene rings is 1. The van der Waals surface area contributed by atoms with Crippen molar-refractivity contribution in [2.24, 2.45) is 5.41 Å². The average Bonchev–Trinajstić information content (AvgIpc) is 2.59. The highest BCUT2D eigenvalue weighted by Crippen LogP contribution is 2.19. The third-order valence-corrected chi connectivity index (χ3v) is 4.20. The first-order chi connectivity index (χ1) is 11.7. The van der Waals surface area contributed by atoms with Crippen molar-refractivity contribution in [2.75, 3.05) is 13.2 Å². The fourth-order valence-electron chi connectivity index (χ4n) is 1.83. The number of carbonyl (C=O) groups excluding carboxylic acids is 3. The standard InChI is InChI=1S/C17H23BrN2O5/c1-17(2,10-21)14(23)16(25)19-8-7-13(22)15(24)20-9-11-3-5-12(18)6-4-11/h3-6,14,21,23H,7-10H2,1-2H3,(H,19,25)(H,20,24). The van der Waals surface area contributed by atoms with Gasteiger partial charge in [0.15, 0.2) is 0 Å². The minimum Gasteiger partial charge on any atom is -0.396 e. The van der Waals surface area contributed by atoms with Crippen molar-refractivity contribution in [3.63, 3.8) is 0 Å². The van der Waals surface area contributed by atoms with Gasteiger partial charge in [-0.2, -0.15) is 0 Å². The summed E-state index contributed by atoms with van der Waals surface area (Å²) < 4.78 is 0.918. The lowest BCUT2D eigenvalue weighted by atomic mass is 9.87. The van der Waals surface area contributed by atoms with Crippen molar-refractivity contribution in [3.8, 4) is 0 Å². The number of halogens is 1. The Morgan fingerprint density at radius 1 is 1.16 bits per heavy atom. The highest BCUT2D eigenvalue weighted by atomic mass is 79.9. The van der Waals surface area contributed by atoms with Crippen LogP contribution >= 0.6 is 15.9 Å². The first kappa shape index (κ1) is 21.3. The maximum atomic E-state index is 11.8. The molecule has 1 atom stereocenters. The average molecular weight is 415 g/mol. The summed E-state index contributed by atoms with van der Waals surface area (Å²) in [5.74, 6) is -2.08. The molecule has 4 N–H and O–H groups in total. The molecule has 0 aliphatic carbocycles. The summed E-state index contributed by atoms with van der Waals surface area (Å²) in [6, 6.07) is 7.30. The van der Waals surface area contributed by atoms with Gasteiger partial charge in [-0.05, 0) is 17.7 Å². The van der Waals surface area contributed by atoms with E-state index in [1.165, 1.54) is 13.8 Å². The molecule has 0 saturated carbocycles. The second kappa shape index (κ2) is 9.65. The molecule has 1 aromatic rings. The molecule has 0 spiro atoms. The number of aliphatic hydroxyl groups excluding tert-OH is 2. The van der Waals surface area contributed by atoms with Crippen LogP contribution in [0.5, 0.6) is 0 Å². The van der Waals surface area contributed by atoms with Gasteiger partial charge < -0.3 is 20.8 Å². The Labute approximate surface area is 154 Å². The topological polar surface area (TPSA) is 116 Å². The molecule has 0 aliphatic heterocycles. The lowest BCUT2D eigenvalue weighted by molar-refractivity contribution is -0.139. The largest absolute Gasteiger partial charge is 0.396 e. The molecule has 25 heavy (non-hydrogen) atoms. The van der Waals surface area contributed by atoms with E-state index in [4.69, 9.17) is 5.11 Å². The van der Waals surface area contributed by atoms with Crippen LogP contribution in [0.1, 0.15) is 25.8 Å². The minimum atomic E-state index is -1.40. The van der Waals surface area contributed by atoms with E-state index in [9.17, 15) is 19.5 Å². The fraction of sp³-hybridized carbons (Fsp3) is 0.471. The summed E-state index contributed by atoms with van der Waals surface area (Å²) in [6.45, 7) is 2.88. The van der Waals surface area contributed by atoms with Gasteiger partial charge in [-0.25, -0.2) is 0 Å². The summed E-state index contributed by atoms with van der Waals surface area (Å²) >= 11 is 3.31. The second-order valence-corrected chi connectivity index (χ2v) is 7.24. The Morgan fingerprint density at radius 2 is 1.76 bits per heavy atom. The van der Waals surface area contributed by atoms with Crippen molar-refractivity contribution >= 4 is 33.5 Å². The van der Waals surface area contributed by atoms with Crippen molar-refractivity contribution in [2.45, 2.75) is 32.9 Å². The molecule has 0 radical (unpaired) electrons. The number of hydrogen-bond donors (Lipinski definition) is 4. The lowest BCUT2D eigenvalue weighted by Crippen LogP contribution is -2.46. The molecule has 2 amide bonds. The quantitative estimate of drug-likeness (QED) is 0.439. The predicted octanol–water partition coefficient (Wildman–Crippen LogP) is 0.520. The van der Waals surface area contributed by atoms with Gasteiger partial charge in [0.1, 0.15) is 6.10 Å². The smallest absolute Gasteiger partial charge is 0.287 e. The van der Waals surface area contributed by atoms with Crippen molar-refractivity contribution in [1.82, 2.24) is 10.6 Å². The molecule has 1 rings (SSSR count). The van der Waals surface area contributed by atoms with Gasteiger partial charge in [-0.15, -0.1) is 0 Å². The monoisotopic (exact) mass is 414 g/mol. The number of ketones is 1. The predicted molar refractivity (Wildman–Crippen MR) is 95.5 cm³/mol. The van der Waals surface area contributed by atoms with E-state index in [0.717, 1.165) is 10.0 Å². The molecule has 1 aromatic carbocycles. The van der Waals surface area contributed by atoms with Crippen LogP contribution < -0.4 is 10.6 Å². The van der Waals surface area contributed by atoms with Gasteiger partial charge >= 0.3 is 0 Å². The summed E-state index contributed by atoms with van der Waals surface area (Å²) in [5, 5.41) is 23.8. The van der Waals surface area contributed by atoms with E-state index in [0.29, 0.717) is 0 Å². The van der Waals surface area contributed by atoms with Crippen molar-refractivity contribution in [1.29, 1.82) is 0 Å². The van der Waals surface area contributed by atoms with Gasteiger partial charge in [0.2, 0.25) is 11.7 Å². The molecule has 0 fully saturated rings. The van der Waals surface area contributed by atoms with Crippen LogP contribution in [0, 0.1) is 5.41 Å². The highest BCUT2D eigenvalue weighted by molar-refractivity contribution is 9.10. The van der Waals surface area contributed by atoms with E-state index < -0.39 is 29.1 Å². The van der Waals surface area contributed by atoms with Crippen LogP contribution in [0.25, 0.3) is 0 Å². The number of carbonyl (C=O) groups is 3. The Kier molecular flexibility index (Phi) is 8.21. The third-order valence-electron chi connectivity index (χ3n) is 3.67. The molecule has 0 bridgehead atoms. The van der Waals surface area contributed by atoms with Gasteiger partial charge in [-0.1, -0.05) is 41.9 Å². The van der Waals surface area contributed by atoms with Crippen LogP contribution in [-0.2, 0) is 20.9 Å². The third kappa shape index (κ3) is 6.93. The van der Waals surface area contributed by atoms with Crippen molar-refractivity contribution in [3.05, 3.63) is 34.3 Å². The molecule has 0 saturated heterocycles. The molecule has 1 unspecified atom stereocenters. The Hall–Kier alpha value is -1.77. The van der Waals surface area contributed by atoms with Crippen LogP contribution in [0.3, 0.4) is 0 Å². The first-order valence-corrected chi connectivity index (χ1v) is 8.59. The van der Waals surface area contributed by atoms with Gasteiger partial charge in [0, 0.05) is 29.4 Å². The zero-order chi connectivity index (χ0) is 19.0. The van der Waals surface area contributed by atoms with E-state index >= 15 is 0 Å². The van der Waals surface area contributed by atoms with Crippen molar-refractivity contribution < 1.29 is 24.6 Å². The van der Waals surface area contributed by atoms with E-state index in [2.05, 4.69) is 26.6 Å². The van der Waals surface area contributed by atoms with E-state index in [-0.39, 0.29) is 26.1 Å². The Bertz CT molecular complexity index is 616. The summed E-state index contributed by atoms with van der Waals surface area (Å²) in [6.07, 6.45) is -1.58. The molecule has 0 aliphatic rings. The number of amides is 2. The number of rotatable bonds is 9. The van der Waals surface area contributed by atoms with Gasteiger partial charge in [0.05, 0.1) is 6.61 Å². The SMILES string of the molecule is CC(C)(CO)C(O)C(=O)NCCC(=O)C(=O)NCc1ccc(Br)cc1. The first-order valence-electron chi connectivity index (χ1n) is 7.79. The van der Waals surface area contributed by atoms with Crippen LogP contribution in [0.4, 0.5) is 0 Å². The Morgan fingerprint density at radius 3 is 2.32 bits per heavy atom. The van der Waals surface area contributed by atoms with Crippen LogP contribution in [0.15, 0.2) is 28.7 Å². The molecule has 138 valence electrons. The molecular weight excluding hydrogens is 392 g/mol. The number of nitrogens with one attached hydrogen (secondary N) is 2. The number of Topliss-reactive ketones (excluding diaryl/α,β-unsaturated/α-hetero) is 1. The summed E-state index contributed by atoms with van der Waals surface area (Å²) in [5.41, 5.74) is -0.136. The second-order valence-electron chi connectivity index (χ2n) is 6.32. The Balaban J connectivity index is 2.35. The lowest BCUT2D eigenvalue weighted by Gasteiger charge is -2.27. The maximum Gasteiger partial charge on any atom is 0.287 e. The maximum absolute atomic E-state index is 11.8. The molecular formula is C17H23BrN2O5. The summed E-state index contributed by atoms with van der Waals surface area (Å²) in [7, 11) is 0. The van der Waals surface area contributed by atoms with Crippen LogP contribution in [-0.4, -0.2) is 47.1 Å². The number of hydrogen-bond acceptors (Lipinski definition) is 5.